The number of aliphatic hydroxyl groups is 1. The average Bonchev–Trinajstić information content (AvgIpc) is 2.64. The van der Waals surface area contributed by atoms with Gasteiger partial charge in [-0.25, -0.2) is 0 Å². The zero-order valence-electron chi connectivity index (χ0n) is 17.1. The minimum absolute atomic E-state index is 0.333. The van der Waals surface area contributed by atoms with Gasteiger partial charge in [-0.05, 0) is 40.0 Å². The van der Waals surface area contributed by atoms with Crippen molar-refractivity contribution in [1.82, 2.24) is 0 Å². The fourth-order valence-electron chi connectivity index (χ4n) is 3.47. The van der Waals surface area contributed by atoms with E-state index in [1.165, 1.54) is 13.8 Å². The molecule has 1 saturated carbocycles. The SMILES string of the molecule is CCC(C)(C)C(=O)OCC1(C)OC(C2CCCCC2)OC(O)(C(F)(F)F)C1(F)F. The van der Waals surface area contributed by atoms with Gasteiger partial charge < -0.3 is 19.3 Å². The second-order valence-corrected chi connectivity index (χ2v) is 8.76. The van der Waals surface area contributed by atoms with Crippen molar-refractivity contribution in [3.8, 4) is 0 Å². The summed E-state index contributed by atoms with van der Waals surface area (Å²) in [6.45, 7) is 4.28. The van der Waals surface area contributed by atoms with E-state index in [4.69, 9.17) is 9.47 Å². The van der Waals surface area contributed by atoms with Gasteiger partial charge in [0.25, 0.3) is 0 Å². The first kappa shape index (κ1) is 24.3. The van der Waals surface area contributed by atoms with Crippen molar-refractivity contribution in [1.29, 1.82) is 0 Å². The lowest BCUT2D eigenvalue weighted by molar-refractivity contribution is -0.527. The maximum Gasteiger partial charge on any atom is 0.449 e. The molecule has 0 spiro atoms. The van der Waals surface area contributed by atoms with E-state index in [2.05, 4.69) is 4.74 Å². The van der Waals surface area contributed by atoms with Crippen LogP contribution in [-0.2, 0) is 19.0 Å². The number of hydrogen-bond acceptors (Lipinski definition) is 5. The van der Waals surface area contributed by atoms with E-state index in [-0.39, 0.29) is 0 Å². The van der Waals surface area contributed by atoms with E-state index >= 15 is 0 Å². The van der Waals surface area contributed by atoms with Gasteiger partial charge in [-0.2, -0.15) is 22.0 Å². The second kappa shape index (κ2) is 7.92. The Morgan fingerprint density at radius 3 is 2.17 bits per heavy atom. The van der Waals surface area contributed by atoms with Gasteiger partial charge in [-0.3, -0.25) is 4.79 Å². The molecule has 1 N–H and O–H groups in total. The van der Waals surface area contributed by atoms with Crippen molar-refractivity contribution < 1.29 is 46.1 Å². The van der Waals surface area contributed by atoms with Crippen LogP contribution in [0.15, 0.2) is 0 Å². The quantitative estimate of drug-likeness (QED) is 0.510. The first-order chi connectivity index (χ1) is 13.1. The number of carbonyl (C=O) groups is 1. The first-order valence-electron chi connectivity index (χ1n) is 9.81. The van der Waals surface area contributed by atoms with Crippen LogP contribution in [0, 0.1) is 11.3 Å². The van der Waals surface area contributed by atoms with Crippen molar-refractivity contribution in [2.45, 2.75) is 96.0 Å². The summed E-state index contributed by atoms with van der Waals surface area (Å²) in [5.41, 5.74) is -3.95. The zero-order chi connectivity index (χ0) is 22.3. The van der Waals surface area contributed by atoms with Crippen molar-refractivity contribution in [2.75, 3.05) is 6.61 Å². The topological polar surface area (TPSA) is 65.0 Å². The fourth-order valence-corrected chi connectivity index (χ4v) is 3.47. The van der Waals surface area contributed by atoms with E-state index < -0.39 is 53.7 Å². The molecule has 170 valence electrons. The maximum absolute atomic E-state index is 15.0. The molecular formula is C19H29F5O5. The molecule has 0 amide bonds. The van der Waals surface area contributed by atoms with Crippen LogP contribution in [0.25, 0.3) is 0 Å². The summed E-state index contributed by atoms with van der Waals surface area (Å²) < 4.78 is 85.2. The maximum atomic E-state index is 15.0. The van der Waals surface area contributed by atoms with E-state index in [1.54, 1.807) is 6.92 Å². The van der Waals surface area contributed by atoms with Gasteiger partial charge in [0.2, 0.25) is 0 Å². The molecule has 1 aliphatic carbocycles. The number of ether oxygens (including phenoxy) is 3. The molecule has 2 rings (SSSR count). The van der Waals surface area contributed by atoms with Crippen LogP contribution in [0.5, 0.6) is 0 Å². The largest absolute Gasteiger partial charge is 0.462 e. The minimum Gasteiger partial charge on any atom is -0.462 e. The Kier molecular flexibility index (Phi) is 6.63. The summed E-state index contributed by atoms with van der Waals surface area (Å²) in [6.07, 6.45) is -4.09. The lowest BCUT2D eigenvalue weighted by Gasteiger charge is -2.53. The summed E-state index contributed by atoms with van der Waals surface area (Å²) >= 11 is 0. The molecule has 29 heavy (non-hydrogen) atoms. The number of hydrogen-bond donors (Lipinski definition) is 1. The number of rotatable bonds is 5. The van der Waals surface area contributed by atoms with E-state index in [9.17, 15) is 31.9 Å². The molecule has 1 aliphatic heterocycles. The predicted molar refractivity (Wildman–Crippen MR) is 91.9 cm³/mol. The fraction of sp³-hybridized carbons (Fsp3) is 0.947. The molecule has 3 unspecified atom stereocenters. The molecule has 0 aromatic carbocycles. The molecule has 3 atom stereocenters. The van der Waals surface area contributed by atoms with Crippen LogP contribution in [0.2, 0.25) is 0 Å². The Balaban J connectivity index is 2.37. The van der Waals surface area contributed by atoms with E-state index in [1.807, 2.05) is 0 Å². The van der Waals surface area contributed by atoms with Gasteiger partial charge in [0.15, 0.2) is 11.9 Å². The van der Waals surface area contributed by atoms with Gasteiger partial charge in [0.05, 0.1) is 5.41 Å². The van der Waals surface area contributed by atoms with Crippen molar-refractivity contribution in [3.63, 3.8) is 0 Å². The minimum atomic E-state index is -5.79. The molecule has 2 aliphatic rings. The van der Waals surface area contributed by atoms with Gasteiger partial charge in [0.1, 0.15) is 6.61 Å². The highest BCUT2D eigenvalue weighted by Gasteiger charge is 2.81. The third kappa shape index (κ3) is 4.25. The molecule has 5 nitrogen and oxygen atoms in total. The van der Waals surface area contributed by atoms with Crippen LogP contribution < -0.4 is 0 Å². The highest BCUT2D eigenvalue weighted by molar-refractivity contribution is 5.75. The highest BCUT2D eigenvalue weighted by atomic mass is 19.4. The summed E-state index contributed by atoms with van der Waals surface area (Å²) in [7, 11) is 0. The smallest absolute Gasteiger partial charge is 0.449 e. The van der Waals surface area contributed by atoms with Crippen molar-refractivity contribution in [2.24, 2.45) is 11.3 Å². The third-order valence-electron chi connectivity index (χ3n) is 6.09. The van der Waals surface area contributed by atoms with Crippen LogP contribution >= 0.6 is 0 Å². The Labute approximate surface area is 166 Å². The van der Waals surface area contributed by atoms with E-state index in [0.717, 1.165) is 6.42 Å². The normalized spacial score (nSPS) is 34.1. The Hall–Kier alpha value is -1.00. The third-order valence-corrected chi connectivity index (χ3v) is 6.09. The number of esters is 1. The standard InChI is InChI=1S/C19H29F5O5/c1-5-15(2,3)14(25)27-11-16(4)17(20,21)18(26,19(22,23)24)29-13(28-16)12-9-7-6-8-10-12/h12-13,26H,5-11H2,1-4H3. The molecule has 10 heteroatoms. The molecule has 0 radical (unpaired) electrons. The van der Waals surface area contributed by atoms with Crippen LogP contribution in [0.4, 0.5) is 22.0 Å². The van der Waals surface area contributed by atoms with Crippen molar-refractivity contribution >= 4 is 5.97 Å². The summed E-state index contributed by atoms with van der Waals surface area (Å²) in [5.74, 6) is -11.1. The monoisotopic (exact) mass is 432 g/mol. The lowest BCUT2D eigenvalue weighted by Crippen LogP contribution is -2.76. The van der Waals surface area contributed by atoms with Crippen LogP contribution in [0.3, 0.4) is 0 Å². The first-order valence-corrected chi connectivity index (χ1v) is 9.81. The number of halogens is 5. The molecule has 0 aromatic heterocycles. The van der Waals surface area contributed by atoms with Crippen molar-refractivity contribution in [3.05, 3.63) is 0 Å². The Morgan fingerprint density at radius 2 is 1.69 bits per heavy atom. The summed E-state index contributed by atoms with van der Waals surface area (Å²) in [5, 5.41) is 10.0. The molecule has 0 bridgehead atoms. The Bertz CT molecular complexity index is 602. The summed E-state index contributed by atoms with van der Waals surface area (Å²) in [6, 6.07) is 0. The molecule has 0 aromatic rings. The average molecular weight is 432 g/mol. The molecular weight excluding hydrogens is 403 g/mol. The lowest BCUT2D eigenvalue weighted by atomic mass is 9.84. The van der Waals surface area contributed by atoms with Gasteiger partial charge in [0, 0.05) is 5.92 Å². The molecule has 2 fully saturated rings. The van der Waals surface area contributed by atoms with Gasteiger partial charge in [-0.15, -0.1) is 0 Å². The number of alkyl halides is 5. The zero-order valence-corrected chi connectivity index (χ0v) is 17.1. The predicted octanol–water partition coefficient (Wildman–Crippen LogP) is 4.56. The summed E-state index contributed by atoms with van der Waals surface area (Å²) in [4.78, 5) is 12.2. The van der Waals surface area contributed by atoms with Crippen LogP contribution in [-0.4, -0.2) is 47.5 Å². The van der Waals surface area contributed by atoms with Gasteiger partial charge >= 0.3 is 23.9 Å². The molecule has 1 saturated heterocycles. The van der Waals surface area contributed by atoms with Crippen LogP contribution in [0.1, 0.15) is 66.2 Å². The second-order valence-electron chi connectivity index (χ2n) is 8.76. The number of carbonyl (C=O) groups excluding carboxylic acids is 1. The molecule has 1 heterocycles. The van der Waals surface area contributed by atoms with E-state index in [0.29, 0.717) is 39.0 Å². The van der Waals surface area contributed by atoms with Gasteiger partial charge in [-0.1, -0.05) is 26.2 Å². The Morgan fingerprint density at radius 1 is 1.14 bits per heavy atom. The highest BCUT2D eigenvalue weighted by Crippen LogP contribution is 2.55.